The SMILES string of the molecule is CC(C)(C)C(=O)Nc1cccc(NS(=O)(=O)c2cc(Br)ccc2Br)c1. The lowest BCUT2D eigenvalue weighted by Gasteiger charge is -2.18. The number of halogens is 2. The third kappa shape index (κ3) is 5.29. The molecule has 0 aromatic heterocycles. The molecule has 2 rings (SSSR count). The highest BCUT2D eigenvalue weighted by Crippen LogP contribution is 2.28. The topological polar surface area (TPSA) is 75.3 Å². The van der Waals surface area contributed by atoms with Gasteiger partial charge in [0.1, 0.15) is 4.90 Å². The van der Waals surface area contributed by atoms with E-state index in [0.717, 1.165) is 0 Å². The summed E-state index contributed by atoms with van der Waals surface area (Å²) in [5.41, 5.74) is 0.337. The van der Waals surface area contributed by atoms with Crippen LogP contribution in [-0.4, -0.2) is 14.3 Å². The van der Waals surface area contributed by atoms with E-state index in [1.165, 1.54) is 6.07 Å². The molecule has 8 heteroatoms. The molecule has 2 N–H and O–H groups in total. The van der Waals surface area contributed by atoms with Crippen LogP contribution in [0.2, 0.25) is 0 Å². The second-order valence-electron chi connectivity index (χ2n) is 6.47. The van der Waals surface area contributed by atoms with Gasteiger partial charge in [-0.05, 0) is 52.3 Å². The van der Waals surface area contributed by atoms with Crippen LogP contribution in [0.3, 0.4) is 0 Å². The molecule has 0 saturated carbocycles. The van der Waals surface area contributed by atoms with Crippen LogP contribution in [0.1, 0.15) is 20.8 Å². The Labute approximate surface area is 164 Å². The molecule has 2 aromatic carbocycles. The highest BCUT2D eigenvalue weighted by atomic mass is 79.9. The van der Waals surface area contributed by atoms with E-state index in [9.17, 15) is 13.2 Å². The van der Waals surface area contributed by atoms with Gasteiger partial charge in [-0.15, -0.1) is 0 Å². The zero-order chi connectivity index (χ0) is 18.8. The maximum atomic E-state index is 12.6. The van der Waals surface area contributed by atoms with E-state index < -0.39 is 15.4 Å². The average molecular weight is 490 g/mol. The fraction of sp³-hybridized carbons (Fsp3) is 0.235. The molecule has 0 unspecified atom stereocenters. The highest BCUT2D eigenvalue weighted by Gasteiger charge is 2.22. The van der Waals surface area contributed by atoms with Crippen LogP contribution in [-0.2, 0) is 14.8 Å². The predicted octanol–water partition coefficient (Wildman–Crippen LogP) is 5.00. The molecule has 0 radical (unpaired) electrons. The predicted molar refractivity (Wildman–Crippen MR) is 107 cm³/mol. The molecule has 0 heterocycles. The standard InChI is InChI=1S/C17H18Br2N2O3S/c1-17(2,3)16(22)20-12-5-4-6-13(10-12)21-25(23,24)15-9-11(18)7-8-14(15)19/h4-10,21H,1-3H3,(H,20,22). The number of hydrogen-bond donors (Lipinski definition) is 2. The minimum atomic E-state index is -3.78. The Morgan fingerprint density at radius 3 is 2.28 bits per heavy atom. The van der Waals surface area contributed by atoms with Crippen LogP contribution >= 0.6 is 31.9 Å². The van der Waals surface area contributed by atoms with E-state index in [2.05, 4.69) is 41.9 Å². The van der Waals surface area contributed by atoms with Gasteiger partial charge in [0.15, 0.2) is 0 Å². The molecule has 5 nitrogen and oxygen atoms in total. The first kappa shape index (κ1) is 19.9. The lowest BCUT2D eigenvalue weighted by Crippen LogP contribution is -2.27. The number of benzene rings is 2. The first-order valence-electron chi connectivity index (χ1n) is 7.38. The van der Waals surface area contributed by atoms with Gasteiger partial charge >= 0.3 is 0 Å². The molecule has 0 saturated heterocycles. The third-order valence-electron chi connectivity index (χ3n) is 3.24. The third-order valence-corrected chi connectivity index (χ3v) is 6.11. The molecule has 0 aliphatic heterocycles. The van der Waals surface area contributed by atoms with Crippen molar-refractivity contribution >= 4 is 59.2 Å². The van der Waals surface area contributed by atoms with Gasteiger partial charge in [0.25, 0.3) is 10.0 Å². The van der Waals surface area contributed by atoms with Gasteiger partial charge in [-0.3, -0.25) is 9.52 Å². The zero-order valence-electron chi connectivity index (χ0n) is 13.9. The molecule has 0 atom stereocenters. The molecule has 0 spiro atoms. The summed E-state index contributed by atoms with van der Waals surface area (Å²) < 4.78 is 28.9. The Hall–Kier alpha value is -1.38. The lowest BCUT2D eigenvalue weighted by atomic mass is 9.95. The van der Waals surface area contributed by atoms with E-state index in [1.807, 2.05) is 0 Å². The molecule has 0 fully saturated rings. The Balaban J connectivity index is 2.27. The minimum Gasteiger partial charge on any atom is -0.326 e. The second-order valence-corrected chi connectivity index (χ2v) is 9.89. The summed E-state index contributed by atoms with van der Waals surface area (Å²) in [6.45, 7) is 5.42. The average Bonchev–Trinajstić information content (AvgIpc) is 2.48. The number of anilines is 2. The summed E-state index contributed by atoms with van der Waals surface area (Å²) in [7, 11) is -3.78. The molecule has 0 bridgehead atoms. The lowest BCUT2D eigenvalue weighted by molar-refractivity contribution is -0.123. The van der Waals surface area contributed by atoms with Gasteiger partial charge in [-0.25, -0.2) is 8.42 Å². The molecule has 1 amide bonds. The van der Waals surface area contributed by atoms with Crippen LogP contribution in [0.5, 0.6) is 0 Å². The zero-order valence-corrected chi connectivity index (χ0v) is 17.9. The van der Waals surface area contributed by atoms with Crippen LogP contribution < -0.4 is 10.0 Å². The van der Waals surface area contributed by atoms with Crippen LogP contribution in [0, 0.1) is 5.41 Å². The van der Waals surface area contributed by atoms with E-state index in [4.69, 9.17) is 0 Å². The van der Waals surface area contributed by atoms with Gasteiger partial charge in [-0.1, -0.05) is 42.8 Å². The Kier molecular flexibility index (Phi) is 5.96. The summed E-state index contributed by atoms with van der Waals surface area (Å²) in [5, 5.41) is 2.78. The van der Waals surface area contributed by atoms with E-state index in [1.54, 1.807) is 57.2 Å². The highest BCUT2D eigenvalue weighted by molar-refractivity contribution is 9.11. The van der Waals surface area contributed by atoms with Crippen molar-refractivity contribution in [2.45, 2.75) is 25.7 Å². The summed E-state index contributed by atoms with van der Waals surface area (Å²) in [5.74, 6) is -0.151. The molecular weight excluding hydrogens is 472 g/mol. The number of amides is 1. The number of nitrogens with one attached hydrogen (secondary N) is 2. The van der Waals surface area contributed by atoms with Crippen molar-refractivity contribution in [1.82, 2.24) is 0 Å². The Morgan fingerprint density at radius 2 is 1.64 bits per heavy atom. The van der Waals surface area contributed by atoms with E-state index in [-0.39, 0.29) is 10.8 Å². The van der Waals surface area contributed by atoms with Crippen LogP contribution in [0.4, 0.5) is 11.4 Å². The van der Waals surface area contributed by atoms with Gasteiger partial charge < -0.3 is 5.32 Å². The molecule has 2 aromatic rings. The van der Waals surface area contributed by atoms with Crippen molar-refractivity contribution in [3.05, 3.63) is 51.4 Å². The minimum absolute atomic E-state index is 0.117. The van der Waals surface area contributed by atoms with Gasteiger partial charge in [0.2, 0.25) is 5.91 Å². The van der Waals surface area contributed by atoms with Crippen molar-refractivity contribution < 1.29 is 13.2 Å². The first-order valence-corrected chi connectivity index (χ1v) is 10.5. The smallest absolute Gasteiger partial charge is 0.263 e. The quantitative estimate of drug-likeness (QED) is 0.634. The fourth-order valence-electron chi connectivity index (χ4n) is 1.87. The molecular formula is C17H18Br2N2O3S. The number of sulfonamides is 1. The summed E-state index contributed by atoms with van der Waals surface area (Å²) in [6.07, 6.45) is 0. The Bertz CT molecular complexity index is 906. The normalized spacial score (nSPS) is 11.9. The number of rotatable bonds is 4. The summed E-state index contributed by atoms with van der Waals surface area (Å²) >= 11 is 6.52. The van der Waals surface area contributed by atoms with Crippen molar-refractivity contribution in [1.29, 1.82) is 0 Å². The van der Waals surface area contributed by atoms with Crippen molar-refractivity contribution in [3.8, 4) is 0 Å². The van der Waals surface area contributed by atoms with Gasteiger partial charge in [-0.2, -0.15) is 0 Å². The molecule has 134 valence electrons. The maximum Gasteiger partial charge on any atom is 0.263 e. The molecule has 0 aliphatic rings. The largest absolute Gasteiger partial charge is 0.326 e. The monoisotopic (exact) mass is 488 g/mol. The van der Waals surface area contributed by atoms with Crippen molar-refractivity contribution in [2.24, 2.45) is 5.41 Å². The van der Waals surface area contributed by atoms with Crippen LogP contribution in [0.15, 0.2) is 56.3 Å². The van der Waals surface area contributed by atoms with E-state index >= 15 is 0 Å². The van der Waals surface area contributed by atoms with Crippen molar-refractivity contribution in [2.75, 3.05) is 10.0 Å². The maximum absolute atomic E-state index is 12.6. The molecule has 0 aliphatic carbocycles. The summed E-state index contributed by atoms with van der Waals surface area (Å²) in [4.78, 5) is 12.2. The first-order chi connectivity index (χ1) is 11.5. The number of carbonyl (C=O) groups is 1. The van der Waals surface area contributed by atoms with Crippen LogP contribution in [0.25, 0.3) is 0 Å². The number of carbonyl (C=O) groups excluding carboxylic acids is 1. The van der Waals surface area contributed by atoms with Gasteiger partial charge in [0.05, 0.1) is 5.69 Å². The molecule has 25 heavy (non-hydrogen) atoms. The van der Waals surface area contributed by atoms with Crippen molar-refractivity contribution in [3.63, 3.8) is 0 Å². The summed E-state index contributed by atoms with van der Waals surface area (Å²) in [6, 6.07) is 11.5. The number of hydrogen-bond acceptors (Lipinski definition) is 3. The fourth-order valence-corrected chi connectivity index (χ4v) is 4.42. The van der Waals surface area contributed by atoms with E-state index in [0.29, 0.717) is 20.3 Å². The second kappa shape index (κ2) is 7.47. The van der Waals surface area contributed by atoms with Gasteiger partial charge in [0, 0.05) is 20.0 Å². The Morgan fingerprint density at radius 1 is 1.00 bits per heavy atom.